The zero-order valence-electron chi connectivity index (χ0n) is 20.6. The van der Waals surface area contributed by atoms with Crippen LogP contribution in [0.15, 0.2) is 97.2 Å². The van der Waals surface area contributed by atoms with Crippen molar-refractivity contribution in [3.63, 3.8) is 0 Å². The first-order chi connectivity index (χ1) is 15.7. The summed E-state index contributed by atoms with van der Waals surface area (Å²) in [4.78, 5) is 4.86. The van der Waals surface area contributed by atoms with Gasteiger partial charge in [0.25, 0.3) is 0 Å². The van der Waals surface area contributed by atoms with Crippen LogP contribution in [0.1, 0.15) is 52.7 Å². The number of benzene rings is 3. The van der Waals surface area contributed by atoms with Crippen LogP contribution in [-0.4, -0.2) is 4.98 Å². The minimum Gasteiger partial charge on any atom is -0.256 e. The molecule has 0 aliphatic carbocycles. The molecule has 0 bridgehead atoms. The maximum absolute atomic E-state index is 4.86. The van der Waals surface area contributed by atoms with Crippen molar-refractivity contribution in [2.24, 2.45) is 0 Å². The number of hydrogen-bond acceptors (Lipinski definition) is 1. The topological polar surface area (TPSA) is 12.9 Å². The van der Waals surface area contributed by atoms with Crippen molar-refractivity contribution in [3.8, 4) is 11.3 Å². The Kier molecular flexibility index (Phi) is 6.55. The van der Waals surface area contributed by atoms with E-state index in [-0.39, 0.29) is 10.8 Å². The van der Waals surface area contributed by atoms with E-state index in [0.717, 1.165) is 5.69 Å². The molecule has 0 fully saturated rings. The van der Waals surface area contributed by atoms with Crippen molar-refractivity contribution in [1.29, 1.82) is 0 Å². The first kappa shape index (κ1) is 23.4. The van der Waals surface area contributed by atoms with E-state index >= 15 is 0 Å². The number of pyridine rings is 1. The fourth-order valence-electron chi connectivity index (χ4n) is 4.19. The van der Waals surface area contributed by atoms with Gasteiger partial charge in [-0.1, -0.05) is 114 Å². The van der Waals surface area contributed by atoms with E-state index in [1.165, 1.54) is 32.6 Å². The monoisotopic (exact) mass is 451 g/mol. The van der Waals surface area contributed by atoms with Crippen LogP contribution in [0.2, 0.25) is 0 Å². The van der Waals surface area contributed by atoms with Gasteiger partial charge >= 0.3 is 0 Å². The molecule has 1 heterocycles. The Hall–Kier alpha value is -2.76. The lowest BCUT2D eigenvalue weighted by Gasteiger charge is -2.32. The molecule has 4 aromatic rings. The minimum atomic E-state index is -0.757. The summed E-state index contributed by atoms with van der Waals surface area (Å²) in [5.41, 5.74) is 5.11. The smallest absolute Gasteiger partial charge is 0.0711 e. The molecule has 3 aromatic carbocycles. The Balaban J connectivity index is 2.14. The Morgan fingerprint density at radius 3 is 1.61 bits per heavy atom. The van der Waals surface area contributed by atoms with E-state index in [0.29, 0.717) is 0 Å². The normalized spacial score (nSPS) is 12.2. The molecule has 1 aromatic heterocycles. The quantitative estimate of drug-likeness (QED) is 0.302. The molecule has 168 valence electrons. The van der Waals surface area contributed by atoms with Gasteiger partial charge in [0.2, 0.25) is 0 Å². The lowest BCUT2D eigenvalue weighted by Crippen LogP contribution is -2.28. The van der Waals surface area contributed by atoms with Gasteiger partial charge in [0.05, 0.1) is 5.69 Å². The molecule has 0 saturated carbocycles. The average Bonchev–Trinajstić information content (AvgIpc) is 2.79. The maximum atomic E-state index is 4.86. The molecular weight excluding hydrogens is 417 g/mol. The van der Waals surface area contributed by atoms with Crippen LogP contribution >= 0.6 is 7.92 Å². The van der Waals surface area contributed by atoms with Crippen LogP contribution in [0.25, 0.3) is 11.3 Å². The van der Waals surface area contributed by atoms with Crippen molar-refractivity contribution >= 4 is 23.8 Å². The van der Waals surface area contributed by atoms with Gasteiger partial charge in [0, 0.05) is 11.8 Å². The van der Waals surface area contributed by atoms with Crippen LogP contribution in [0.4, 0.5) is 0 Å². The van der Waals surface area contributed by atoms with Gasteiger partial charge in [-0.15, -0.1) is 0 Å². The van der Waals surface area contributed by atoms with Crippen LogP contribution < -0.4 is 15.9 Å². The van der Waals surface area contributed by atoms with Crippen molar-refractivity contribution in [2.45, 2.75) is 52.4 Å². The summed E-state index contributed by atoms with van der Waals surface area (Å²) in [7, 11) is -0.757. The second-order valence-corrected chi connectivity index (χ2v) is 12.8. The highest BCUT2D eigenvalue weighted by Crippen LogP contribution is 2.43. The lowest BCUT2D eigenvalue weighted by atomic mass is 9.78. The minimum absolute atomic E-state index is 0.0166. The van der Waals surface area contributed by atoms with Gasteiger partial charge in [-0.3, -0.25) is 4.98 Å². The van der Waals surface area contributed by atoms with Crippen molar-refractivity contribution < 1.29 is 0 Å². The highest BCUT2D eigenvalue weighted by Gasteiger charge is 2.30. The molecule has 0 unspecified atom stereocenters. The standard InChI is InChI=1S/C31H34NP/c1-30(2,3)23-21-26(31(4,5)6)29(27-19-13-14-20-32-27)28(22-23)33(24-15-9-7-10-16-24)25-17-11-8-12-18-25/h7-22H,1-6H3. The van der Waals surface area contributed by atoms with Gasteiger partial charge in [0.15, 0.2) is 0 Å². The summed E-state index contributed by atoms with van der Waals surface area (Å²) in [5.74, 6) is 0. The largest absolute Gasteiger partial charge is 0.256 e. The third-order valence-electron chi connectivity index (χ3n) is 5.98. The summed E-state index contributed by atoms with van der Waals surface area (Å²) in [6.45, 7) is 13.9. The van der Waals surface area contributed by atoms with E-state index in [1.807, 2.05) is 12.3 Å². The van der Waals surface area contributed by atoms with E-state index < -0.39 is 7.92 Å². The maximum Gasteiger partial charge on any atom is 0.0711 e. The first-order valence-corrected chi connectivity index (χ1v) is 13.0. The average molecular weight is 452 g/mol. The molecule has 0 saturated heterocycles. The number of hydrogen-bond donors (Lipinski definition) is 0. The van der Waals surface area contributed by atoms with Crippen LogP contribution in [-0.2, 0) is 10.8 Å². The van der Waals surface area contributed by atoms with E-state index in [1.54, 1.807) is 0 Å². The molecule has 0 N–H and O–H groups in total. The third kappa shape index (κ3) is 5.10. The van der Waals surface area contributed by atoms with Gasteiger partial charge < -0.3 is 0 Å². The van der Waals surface area contributed by atoms with Crippen LogP contribution in [0.3, 0.4) is 0 Å². The van der Waals surface area contributed by atoms with E-state index in [9.17, 15) is 0 Å². The van der Waals surface area contributed by atoms with Gasteiger partial charge in [-0.2, -0.15) is 0 Å². The molecule has 4 rings (SSSR count). The summed E-state index contributed by atoms with van der Waals surface area (Å²) in [6, 6.07) is 33.1. The van der Waals surface area contributed by atoms with Gasteiger partial charge in [0.1, 0.15) is 0 Å². The number of aromatic nitrogens is 1. The molecule has 0 atom stereocenters. The second kappa shape index (κ2) is 9.24. The second-order valence-electron chi connectivity index (χ2n) is 10.6. The third-order valence-corrected chi connectivity index (χ3v) is 8.45. The van der Waals surface area contributed by atoms with Crippen molar-refractivity contribution in [3.05, 3.63) is 108 Å². The van der Waals surface area contributed by atoms with E-state index in [4.69, 9.17) is 4.98 Å². The highest BCUT2D eigenvalue weighted by molar-refractivity contribution is 7.80. The Bertz CT molecular complexity index is 1160. The number of nitrogens with zero attached hydrogens (tertiary/aromatic N) is 1. The SMILES string of the molecule is CC(C)(C)c1cc(P(c2ccccc2)c2ccccc2)c(-c2ccccn2)c(C(C)(C)C)c1. The Morgan fingerprint density at radius 2 is 1.15 bits per heavy atom. The zero-order chi connectivity index (χ0) is 23.6. The fraction of sp³-hybridized carbons (Fsp3) is 0.258. The summed E-state index contributed by atoms with van der Waals surface area (Å²) in [5, 5.41) is 4.11. The summed E-state index contributed by atoms with van der Waals surface area (Å²) >= 11 is 0. The van der Waals surface area contributed by atoms with E-state index in [2.05, 4.69) is 126 Å². The van der Waals surface area contributed by atoms with Crippen LogP contribution in [0, 0.1) is 0 Å². The molecule has 33 heavy (non-hydrogen) atoms. The summed E-state index contributed by atoms with van der Waals surface area (Å²) < 4.78 is 0. The molecule has 1 nitrogen and oxygen atoms in total. The lowest BCUT2D eigenvalue weighted by molar-refractivity contribution is 0.570. The fourth-order valence-corrected chi connectivity index (χ4v) is 6.71. The molecule has 0 amide bonds. The van der Waals surface area contributed by atoms with Gasteiger partial charge in [-0.25, -0.2) is 0 Å². The van der Waals surface area contributed by atoms with Gasteiger partial charge in [-0.05, 0) is 64.0 Å². The zero-order valence-corrected chi connectivity index (χ0v) is 21.5. The van der Waals surface area contributed by atoms with Crippen molar-refractivity contribution in [2.75, 3.05) is 0 Å². The molecule has 0 radical (unpaired) electrons. The molecule has 0 aliphatic rings. The highest BCUT2D eigenvalue weighted by atomic mass is 31.1. The Morgan fingerprint density at radius 1 is 0.606 bits per heavy atom. The number of rotatable bonds is 4. The molecule has 0 spiro atoms. The predicted octanol–water partition coefficient (Wildman–Crippen LogP) is 7.10. The first-order valence-electron chi connectivity index (χ1n) is 11.7. The Labute approximate surface area is 200 Å². The van der Waals surface area contributed by atoms with Crippen molar-refractivity contribution in [1.82, 2.24) is 4.98 Å². The predicted molar refractivity (Wildman–Crippen MR) is 146 cm³/mol. The summed E-state index contributed by atoms with van der Waals surface area (Å²) in [6.07, 6.45) is 1.91. The molecule has 2 heteroatoms. The molecular formula is C31H34NP. The van der Waals surface area contributed by atoms with Crippen LogP contribution in [0.5, 0.6) is 0 Å². The molecule has 0 aliphatic heterocycles.